The van der Waals surface area contributed by atoms with Crippen LogP contribution in [-0.2, 0) is 0 Å². The molecule has 0 atom stereocenters. The van der Waals surface area contributed by atoms with Gasteiger partial charge in [-0.05, 0) is 54.4 Å². The average Bonchev–Trinajstić information content (AvgIpc) is 2.55. The molecule has 1 aliphatic rings. The highest BCUT2D eigenvalue weighted by Gasteiger charge is 2.19. The zero-order chi connectivity index (χ0) is 17.4. The molecular weight excluding hydrogens is 285 g/mol. The van der Waals surface area contributed by atoms with E-state index in [1.807, 2.05) is 13.0 Å². The van der Waals surface area contributed by atoms with Gasteiger partial charge in [-0.3, -0.25) is 0 Å². The number of hydrogen-bond acceptors (Lipinski definition) is 1. The maximum absolute atomic E-state index is 13.6. The number of nitrogens with zero attached hydrogens (tertiary/aromatic N) is 1. The van der Waals surface area contributed by atoms with Crippen LogP contribution in [0.25, 0.3) is 0 Å². The van der Waals surface area contributed by atoms with Gasteiger partial charge in [0.1, 0.15) is 11.9 Å². The summed E-state index contributed by atoms with van der Waals surface area (Å²) in [6.07, 6.45) is 12.2. The van der Waals surface area contributed by atoms with E-state index in [0.29, 0.717) is 17.1 Å². The Labute approximate surface area is 139 Å². The van der Waals surface area contributed by atoms with Gasteiger partial charge in [0.25, 0.3) is 0 Å². The smallest absolute Gasteiger partial charge is 0.140 e. The van der Waals surface area contributed by atoms with Gasteiger partial charge in [0.15, 0.2) is 0 Å². The Bertz CT molecular complexity index is 602. The van der Waals surface area contributed by atoms with Gasteiger partial charge in [0.05, 0.1) is 5.57 Å². The highest BCUT2D eigenvalue weighted by Crippen LogP contribution is 2.33. The van der Waals surface area contributed by atoms with E-state index < -0.39 is 5.83 Å². The van der Waals surface area contributed by atoms with Crippen LogP contribution < -0.4 is 0 Å². The molecule has 0 amide bonds. The van der Waals surface area contributed by atoms with Crippen molar-refractivity contribution in [3.8, 4) is 6.07 Å². The summed E-state index contributed by atoms with van der Waals surface area (Å²) in [5.74, 6) is 0.753. The number of allylic oxidation sites excluding steroid dienone is 9. The molecule has 0 N–H and O–H groups in total. The number of rotatable bonds is 6. The van der Waals surface area contributed by atoms with Crippen LogP contribution in [0.5, 0.6) is 0 Å². The summed E-state index contributed by atoms with van der Waals surface area (Å²) in [4.78, 5) is 0. The summed E-state index contributed by atoms with van der Waals surface area (Å²) >= 11 is 0. The van der Waals surface area contributed by atoms with Crippen molar-refractivity contribution in [3.63, 3.8) is 0 Å². The largest absolute Gasteiger partial charge is 0.206 e. The SMILES string of the molecule is C=C(/C=C\C(=C/C)C1CCC(C)CC1)C(=C)/C=C(/F)C(=C)C#N. The first-order valence-electron chi connectivity index (χ1n) is 8.08. The van der Waals surface area contributed by atoms with Crippen LogP contribution in [0.15, 0.2) is 72.2 Å². The maximum Gasteiger partial charge on any atom is 0.140 e. The van der Waals surface area contributed by atoms with Crippen LogP contribution in [0.2, 0.25) is 0 Å². The highest BCUT2D eigenvalue weighted by molar-refractivity contribution is 5.49. The Hall–Kier alpha value is -2.14. The van der Waals surface area contributed by atoms with E-state index in [2.05, 4.69) is 38.8 Å². The fourth-order valence-corrected chi connectivity index (χ4v) is 2.75. The van der Waals surface area contributed by atoms with Gasteiger partial charge in [0.2, 0.25) is 0 Å². The predicted molar refractivity (Wildman–Crippen MR) is 96.2 cm³/mol. The lowest BCUT2D eigenvalue weighted by atomic mass is 9.79. The van der Waals surface area contributed by atoms with Gasteiger partial charge >= 0.3 is 0 Å². The van der Waals surface area contributed by atoms with Crippen LogP contribution in [0.4, 0.5) is 4.39 Å². The second-order valence-corrected chi connectivity index (χ2v) is 6.21. The average molecular weight is 311 g/mol. The molecule has 0 radical (unpaired) electrons. The standard InChI is InChI=1S/C21H26FN/c1-6-19(20-10-7-15(2)8-11-20)12-9-16(3)17(4)13-21(22)18(5)14-23/h6,9,12-13,15,20H,3-5,7-8,10-11H2,1-2H3/b12-9-,19-6+,21-13+. The lowest BCUT2D eigenvalue weighted by molar-refractivity contribution is 0.323. The fraction of sp³-hybridized carbons (Fsp3) is 0.381. The van der Waals surface area contributed by atoms with Crippen LogP contribution in [0.1, 0.15) is 39.5 Å². The van der Waals surface area contributed by atoms with Gasteiger partial charge in [-0.2, -0.15) is 5.26 Å². The first kappa shape index (κ1) is 18.9. The zero-order valence-electron chi connectivity index (χ0n) is 14.2. The third-order valence-corrected chi connectivity index (χ3v) is 4.43. The minimum Gasteiger partial charge on any atom is -0.206 e. The van der Waals surface area contributed by atoms with E-state index in [0.717, 1.165) is 5.92 Å². The predicted octanol–water partition coefficient (Wildman–Crippen LogP) is 6.36. The number of nitriles is 1. The first-order chi connectivity index (χ1) is 10.9. The molecule has 2 heteroatoms. The van der Waals surface area contributed by atoms with E-state index >= 15 is 0 Å². The molecule has 1 fully saturated rings. The molecule has 0 unspecified atom stereocenters. The summed E-state index contributed by atoms with van der Waals surface area (Å²) < 4.78 is 13.6. The molecule has 0 aromatic heterocycles. The van der Waals surface area contributed by atoms with Gasteiger partial charge in [0, 0.05) is 0 Å². The van der Waals surface area contributed by atoms with E-state index in [1.54, 1.807) is 6.07 Å². The van der Waals surface area contributed by atoms with Crippen molar-refractivity contribution in [3.05, 3.63) is 72.2 Å². The molecule has 1 aliphatic carbocycles. The van der Waals surface area contributed by atoms with E-state index in [1.165, 1.54) is 37.3 Å². The number of halogens is 1. The van der Waals surface area contributed by atoms with Gasteiger partial charge in [-0.1, -0.05) is 57.7 Å². The Morgan fingerprint density at radius 3 is 2.22 bits per heavy atom. The van der Waals surface area contributed by atoms with Crippen molar-refractivity contribution in [2.45, 2.75) is 39.5 Å². The summed E-state index contributed by atoms with van der Waals surface area (Å²) in [7, 11) is 0. The molecule has 23 heavy (non-hydrogen) atoms. The molecule has 0 aromatic rings. The van der Waals surface area contributed by atoms with Crippen LogP contribution in [-0.4, -0.2) is 0 Å². The molecule has 0 aromatic carbocycles. The van der Waals surface area contributed by atoms with Crippen molar-refractivity contribution >= 4 is 0 Å². The third kappa shape index (κ3) is 5.87. The van der Waals surface area contributed by atoms with Gasteiger partial charge in [-0.25, -0.2) is 4.39 Å². The molecule has 1 saturated carbocycles. The van der Waals surface area contributed by atoms with Gasteiger partial charge in [-0.15, -0.1) is 0 Å². The van der Waals surface area contributed by atoms with Gasteiger partial charge < -0.3 is 0 Å². The Balaban J connectivity index is 2.71. The van der Waals surface area contributed by atoms with Crippen LogP contribution in [0, 0.1) is 23.2 Å². The first-order valence-corrected chi connectivity index (χ1v) is 8.08. The molecule has 0 aliphatic heterocycles. The summed E-state index contributed by atoms with van der Waals surface area (Å²) in [5.41, 5.74) is 2.18. The van der Waals surface area contributed by atoms with Crippen molar-refractivity contribution in [2.75, 3.05) is 0 Å². The molecule has 0 bridgehead atoms. The molecule has 0 heterocycles. The third-order valence-electron chi connectivity index (χ3n) is 4.43. The van der Waals surface area contributed by atoms with E-state index in [4.69, 9.17) is 5.26 Å². The maximum atomic E-state index is 13.6. The van der Waals surface area contributed by atoms with Crippen LogP contribution in [0.3, 0.4) is 0 Å². The topological polar surface area (TPSA) is 23.8 Å². The Morgan fingerprint density at radius 1 is 1.09 bits per heavy atom. The fourth-order valence-electron chi connectivity index (χ4n) is 2.75. The Morgan fingerprint density at radius 2 is 1.70 bits per heavy atom. The molecule has 1 nitrogen and oxygen atoms in total. The molecule has 0 spiro atoms. The van der Waals surface area contributed by atoms with Crippen molar-refractivity contribution < 1.29 is 4.39 Å². The summed E-state index contributed by atoms with van der Waals surface area (Å²) in [6, 6.07) is 1.68. The molecule has 122 valence electrons. The van der Waals surface area contributed by atoms with E-state index in [-0.39, 0.29) is 5.57 Å². The molecule has 0 saturated heterocycles. The van der Waals surface area contributed by atoms with Crippen molar-refractivity contribution in [1.82, 2.24) is 0 Å². The second kappa shape index (κ2) is 9.10. The quantitative estimate of drug-likeness (QED) is 0.413. The van der Waals surface area contributed by atoms with E-state index in [9.17, 15) is 4.39 Å². The lowest BCUT2D eigenvalue weighted by Crippen LogP contribution is -2.13. The molecule has 1 rings (SSSR count). The summed E-state index contributed by atoms with van der Waals surface area (Å²) in [5, 5.41) is 8.62. The summed E-state index contributed by atoms with van der Waals surface area (Å²) in [6.45, 7) is 15.4. The normalized spacial score (nSPS) is 22.7. The zero-order valence-corrected chi connectivity index (χ0v) is 14.2. The minimum atomic E-state index is -0.667. The highest BCUT2D eigenvalue weighted by atomic mass is 19.1. The lowest BCUT2D eigenvalue weighted by Gasteiger charge is -2.27. The second-order valence-electron chi connectivity index (χ2n) is 6.21. The van der Waals surface area contributed by atoms with Crippen molar-refractivity contribution in [2.24, 2.45) is 11.8 Å². The molecular formula is C21H26FN. The minimum absolute atomic E-state index is 0.201. The van der Waals surface area contributed by atoms with Crippen molar-refractivity contribution in [1.29, 1.82) is 5.26 Å². The monoisotopic (exact) mass is 311 g/mol. The van der Waals surface area contributed by atoms with Crippen LogP contribution >= 0.6 is 0 Å². The Kier molecular flexibility index (Phi) is 7.48. The number of hydrogen-bond donors (Lipinski definition) is 0.